The van der Waals surface area contributed by atoms with Crippen molar-refractivity contribution >= 4 is 27.3 Å². The fourth-order valence-electron chi connectivity index (χ4n) is 1.44. The van der Waals surface area contributed by atoms with Crippen LogP contribution in [0.2, 0.25) is 5.02 Å². The highest BCUT2D eigenvalue weighted by molar-refractivity contribution is 7.92. The van der Waals surface area contributed by atoms with Crippen molar-refractivity contribution in [3.05, 3.63) is 59.1 Å². The number of nitrogens with one attached hydrogen (secondary N) is 1. The number of nitrogens with zero attached hydrogens (tertiary/aromatic N) is 1. The number of hydrogen-bond acceptors (Lipinski definition) is 3. The molecule has 2 aromatic carbocycles. The Kier molecular flexibility index (Phi) is 3.74. The maximum Gasteiger partial charge on any atom is 0.261 e. The third kappa shape index (κ3) is 3.25. The SMILES string of the molecule is N#Cc1ccc(S(=O)(=O)Nc2ccc(Cl)cc2)cc1. The number of benzene rings is 2. The summed E-state index contributed by atoms with van der Waals surface area (Å²) in [5.74, 6) is 0. The van der Waals surface area contributed by atoms with E-state index in [0.29, 0.717) is 16.3 Å². The van der Waals surface area contributed by atoms with Gasteiger partial charge < -0.3 is 0 Å². The van der Waals surface area contributed by atoms with Crippen LogP contribution >= 0.6 is 11.6 Å². The van der Waals surface area contributed by atoms with E-state index >= 15 is 0 Å². The topological polar surface area (TPSA) is 70.0 Å². The van der Waals surface area contributed by atoms with Crippen LogP contribution in [0.15, 0.2) is 53.4 Å². The first-order valence-electron chi connectivity index (χ1n) is 5.30. The van der Waals surface area contributed by atoms with Gasteiger partial charge in [0.25, 0.3) is 10.0 Å². The molecular weight excluding hydrogens is 284 g/mol. The van der Waals surface area contributed by atoms with Gasteiger partial charge in [-0.1, -0.05) is 11.6 Å². The van der Waals surface area contributed by atoms with Gasteiger partial charge in [-0.3, -0.25) is 4.72 Å². The summed E-state index contributed by atoms with van der Waals surface area (Å²) in [6.45, 7) is 0. The van der Waals surface area contributed by atoms with E-state index in [0.717, 1.165) is 0 Å². The number of hydrogen-bond donors (Lipinski definition) is 1. The van der Waals surface area contributed by atoms with Crippen molar-refractivity contribution in [1.82, 2.24) is 0 Å². The van der Waals surface area contributed by atoms with Crippen LogP contribution in [0.4, 0.5) is 5.69 Å². The van der Waals surface area contributed by atoms with Gasteiger partial charge in [0.2, 0.25) is 0 Å². The molecule has 0 bridgehead atoms. The molecule has 0 aliphatic heterocycles. The van der Waals surface area contributed by atoms with Crippen molar-refractivity contribution < 1.29 is 8.42 Å². The van der Waals surface area contributed by atoms with E-state index in [1.165, 1.54) is 24.3 Å². The molecule has 0 heterocycles. The van der Waals surface area contributed by atoms with E-state index in [1.54, 1.807) is 24.3 Å². The van der Waals surface area contributed by atoms with Gasteiger partial charge in [-0.25, -0.2) is 8.42 Å². The zero-order valence-electron chi connectivity index (χ0n) is 9.67. The molecule has 2 rings (SSSR count). The lowest BCUT2D eigenvalue weighted by molar-refractivity contribution is 0.601. The van der Waals surface area contributed by atoms with Crippen molar-refractivity contribution in [1.29, 1.82) is 5.26 Å². The van der Waals surface area contributed by atoms with Gasteiger partial charge >= 0.3 is 0 Å². The van der Waals surface area contributed by atoms with Gasteiger partial charge in [0.1, 0.15) is 0 Å². The van der Waals surface area contributed by atoms with Crippen LogP contribution < -0.4 is 4.72 Å². The van der Waals surface area contributed by atoms with Crippen LogP contribution in [0, 0.1) is 11.3 Å². The third-order valence-corrected chi connectivity index (χ3v) is 4.04. The normalized spacial score (nSPS) is 10.7. The average Bonchev–Trinajstić information content (AvgIpc) is 2.41. The second-order valence-corrected chi connectivity index (χ2v) is 5.87. The lowest BCUT2D eigenvalue weighted by Crippen LogP contribution is -2.12. The molecule has 0 aromatic heterocycles. The molecule has 19 heavy (non-hydrogen) atoms. The van der Waals surface area contributed by atoms with Crippen molar-refractivity contribution in [2.45, 2.75) is 4.90 Å². The Hall–Kier alpha value is -2.03. The molecule has 0 unspecified atom stereocenters. The molecule has 0 radical (unpaired) electrons. The molecular formula is C13H9ClN2O2S. The maximum atomic E-state index is 12.1. The third-order valence-electron chi connectivity index (χ3n) is 2.39. The number of sulfonamides is 1. The molecule has 0 saturated heterocycles. The summed E-state index contributed by atoms with van der Waals surface area (Å²) in [6.07, 6.45) is 0. The Bertz CT molecular complexity index is 717. The molecule has 0 aliphatic carbocycles. The molecule has 0 spiro atoms. The Morgan fingerprint density at radius 2 is 1.58 bits per heavy atom. The fraction of sp³-hybridized carbons (Fsp3) is 0. The van der Waals surface area contributed by atoms with E-state index in [-0.39, 0.29) is 4.90 Å². The summed E-state index contributed by atoms with van der Waals surface area (Å²) >= 11 is 5.73. The fourth-order valence-corrected chi connectivity index (χ4v) is 2.63. The van der Waals surface area contributed by atoms with Gasteiger partial charge in [0.05, 0.1) is 16.5 Å². The minimum atomic E-state index is -3.65. The standard InChI is InChI=1S/C13H9ClN2O2S/c14-11-3-5-12(6-4-11)16-19(17,18)13-7-1-10(9-15)2-8-13/h1-8,16H. The first kappa shape index (κ1) is 13.4. The monoisotopic (exact) mass is 292 g/mol. The van der Waals surface area contributed by atoms with Crippen molar-refractivity contribution in [3.63, 3.8) is 0 Å². The lowest BCUT2D eigenvalue weighted by atomic mass is 10.2. The molecule has 6 heteroatoms. The second-order valence-electron chi connectivity index (χ2n) is 3.75. The highest BCUT2D eigenvalue weighted by atomic mass is 35.5. The van der Waals surface area contributed by atoms with Crippen LogP contribution in [0.1, 0.15) is 5.56 Å². The lowest BCUT2D eigenvalue weighted by Gasteiger charge is -2.08. The van der Waals surface area contributed by atoms with Gasteiger partial charge in [-0.2, -0.15) is 5.26 Å². The first-order chi connectivity index (χ1) is 9.01. The smallest absolute Gasteiger partial charge is 0.261 e. The summed E-state index contributed by atoms with van der Waals surface area (Å²) in [7, 11) is -3.65. The summed E-state index contributed by atoms with van der Waals surface area (Å²) in [4.78, 5) is 0.0986. The first-order valence-corrected chi connectivity index (χ1v) is 7.16. The summed E-state index contributed by atoms with van der Waals surface area (Å²) in [5.41, 5.74) is 0.833. The van der Waals surface area contributed by atoms with Crippen LogP contribution in [0.5, 0.6) is 0 Å². The van der Waals surface area contributed by atoms with Gasteiger partial charge in [-0.15, -0.1) is 0 Å². The molecule has 0 saturated carbocycles. The number of halogens is 1. The summed E-state index contributed by atoms with van der Waals surface area (Å²) in [6, 6.07) is 13.9. The molecule has 4 nitrogen and oxygen atoms in total. The molecule has 0 fully saturated rings. The Morgan fingerprint density at radius 3 is 2.11 bits per heavy atom. The van der Waals surface area contributed by atoms with E-state index in [1.807, 2.05) is 6.07 Å². The molecule has 0 amide bonds. The molecule has 2 aromatic rings. The summed E-state index contributed by atoms with van der Waals surface area (Å²) < 4.78 is 26.5. The van der Waals surface area contributed by atoms with Gasteiger partial charge in [0.15, 0.2) is 0 Å². The average molecular weight is 293 g/mol. The molecule has 1 N–H and O–H groups in total. The predicted molar refractivity (Wildman–Crippen MR) is 73.4 cm³/mol. The van der Waals surface area contributed by atoms with Crippen LogP contribution in [0.25, 0.3) is 0 Å². The Labute approximate surface area is 116 Å². The van der Waals surface area contributed by atoms with E-state index in [9.17, 15) is 8.42 Å². The highest BCUT2D eigenvalue weighted by Gasteiger charge is 2.13. The summed E-state index contributed by atoms with van der Waals surface area (Å²) in [5, 5.41) is 9.19. The van der Waals surface area contributed by atoms with E-state index in [2.05, 4.69) is 4.72 Å². The van der Waals surface area contributed by atoms with Crippen LogP contribution in [0.3, 0.4) is 0 Å². The number of rotatable bonds is 3. The number of nitriles is 1. The zero-order valence-corrected chi connectivity index (χ0v) is 11.2. The van der Waals surface area contributed by atoms with Crippen LogP contribution in [-0.4, -0.2) is 8.42 Å². The highest BCUT2D eigenvalue weighted by Crippen LogP contribution is 2.18. The van der Waals surface area contributed by atoms with Gasteiger partial charge in [0, 0.05) is 10.7 Å². The minimum absolute atomic E-state index is 0.0986. The zero-order chi connectivity index (χ0) is 13.9. The quantitative estimate of drug-likeness (QED) is 0.945. The Morgan fingerprint density at radius 1 is 1.00 bits per heavy atom. The number of anilines is 1. The van der Waals surface area contributed by atoms with Crippen molar-refractivity contribution in [2.24, 2.45) is 0 Å². The maximum absolute atomic E-state index is 12.1. The molecule has 96 valence electrons. The molecule has 0 atom stereocenters. The minimum Gasteiger partial charge on any atom is -0.280 e. The van der Waals surface area contributed by atoms with Crippen molar-refractivity contribution in [3.8, 4) is 6.07 Å². The van der Waals surface area contributed by atoms with Gasteiger partial charge in [-0.05, 0) is 48.5 Å². The van der Waals surface area contributed by atoms with E-state index < -0.39 is 10.0 Å². The van der Waals surface area contributed by atoms with Crippen LogP contribution in [-0.2, 0) is 10.0 Å². The Balaban J connectivity index is 2.27. The largest absolute Gasteiger partial charge is 0.280 e. The van der Waals surface area contributed by atoms with Crippen molar-refractivity contribution in [2.75, 3.05) is 4.72 Å². The second kappa shape index (κ2) is 5.31. The molecule has 0 aliphatic rings. The predicted octanol–water partition coefficient (Wildman–Crippen LogP) is 3.01. The van der Waals surface area contributed by atoms with E-state index in [4.69, 9.17) is 16.9 Å².